The molecule has 0 atom stereocenters. The minimum absolute atomic E-state index is 0.686. The van der Waals surface area contributed by atoms with Crippen molar-refractivity contribution in [3.63, 3.8) is 0 Å². The second-order valence-corrected chi connectivity index (χ2v) is 7.34. The van der Waals surface area contributed by atoms with Crippen molar-refractivity contribution in [3.05, 3.63) is 77.7 Å². The molecule has 28 heavy (non-hydrogen) atoms. The van der Waals surface area contributed by atoms with Crippen LogP contribution in [0.3, 0.4) is 0 Å². The highest BCUT2D eigenvalue weighted by Crippen LogP contribution is 2.29. The van der Waals surface area contributed by atoms with Gasteiger partial charge in [-0.1, -0.05) is 54.2 Å². The van der Waals surface area contributed by atoms with Crippen molar-refractivity contribution in [3.8, 4) is 28.6 Å². The molecule has 6 heteroatoms. The van der Waals surface area contributed by atoms with Crippen LogP contribution in [0.5, 0.6) is 0 Å². The molecule has 0 aliphatic heterocycles. The fourth-order valence-electron chi connectivity index (χ4n) is 3.05. The number of benzene rings is 2. The Morgan fingerprint density at radius 2 is 1.82 bits per heavy atom. The summed E-state index contributed by atoms with van der Waals surface area (Å²) in [5.41, 5.74) is 4.83. The summed E-state index contributed by atoms with van der Waals surface area (Å²) in [4.78, 5) is 0. The van der Waals surface area contributed by atoms with Crippen LogP contribution in [-0.4, -0.2) is 14.8 Å². The predicted octanol–water partition coefficient (Wildman–Crippen LogP) is 5.21. The first-order valence-electron chi connectivity index (χ1n) is 8.82. The number of aryl methyl sites for hydroxylation is 1. The predicted molar refractivity (Wildman–Crippen MR) is 110 cm³/mol. The highest BCUT2D eigenvalue weighted by molar-refractivity contribution is 7.98. The molecule has 0 unspecified atom stereocenters. The Labute approximate surface area is 167 Å². The molecular weight excluding hydrogens is 368 g/mol. The van der Waals surface area contributed by atoms with Crippen LogP contribution in [0.15, 0.2) is 70.4 Å². The first kappa shape index (κ1) is 18.1. The number of rotatable bonds is 5. The molecule has 0 aliphatic rings. The van der Waals surface area contributed by atoms with Crippen LogP contribution in [0.1, 0.15) is 16.9 Å². The fourth-order valence-corrected chi connectivity index (χ4v) is 3.92. The van der Waals surface area contributed by atoms with Crippen LogP contribution in [0, 0.1) is 18.3 Å². The van der Waals surface area contributed by atoms with Crippen molar-refractivity contribution >= 4 is 11.8 Å². The molecular formula is C22H18N4OS. The van der Waals surface area contributed by atoms with Crippen LogP contribution < -0.4 is 0 Å². The van der Waals surface area contributed by atoms with E-state index in [2.05, 4.69) is 40.5 Å². The Bertz CT molecular complexity index is 1150. The Hall–Kier alpha value is -3.30. The van der Waals surface area contributed by atoms with Crippen LogP contribution >= 0.6 is 11.8 Å². The van der Waals surface area contributed by atoms with Crippen LogP contribution in [0.2, 0.25) is 0 Å². The van der Waals surface area contributed by atoms with E-state index in [-0.39, 0.29) is 0 Å². The van der Waals surface area contributed by atoms with E-state index in [0.717, 1.165) is 39.2 Å². The van der Waals surface area contributed by atoms with E-state index in [0.29, 0.717) is 5.56 Å². The summed E-state index contributed by atoms with van der Waals surface area (Å²) >= 11 is 1.64. The third kappa shape index (κ3) is 3.45. The lowest BCUT2D eigenvalue weighted by atomic mass is 10.00. The molecule has 0 amide bonds. The summed E-state index contributed by atoms with van der Waals surface area (Å²) in [5.74, 6) is 2.42. The Morgan fingerprint density at radius 1 is 1.04 bits per heavy atom. The van der Waals surface area contributed by atoms with E-state index >= 15 is 0 Å². The van der Waals surface area contributed by atoms with Gasteiger partial charge in [0, 0.05) is 12.8 Å². The summed E-state index contributed by atoms with van der Waals surface area (Å²) in [6.07, 6.45) is 1.66. The first-order chi connectivity index (χ1) is 13.7. The summed E-state index contributed by atoms with van der Waals surface area (Å²) in [5, 5.41) is 18.8. The second kappa shape index (κ2) is 7.75. The number of hydrogen-bond donors (Lipinski definition) is 0. The normalized spacial score (nSPS) is 10.8. The van der Waals surface area contributed by atoms with Gasteiger partial charge in [-0.15, -0.1) is 10.2 Å². The third-order valence-corrected chi connectivity index (χ3v) is 5.71. The zero-order valence-electron chi connectivity index (χ0n) is 15.6. The van der Waals surface area contributed by atoms with Crippen molar-refractivity contribution in [2.24, 2.45) is 7.05 Å². The van der Waals surface area contributed by atoms with Gasteiger partial charge < -0.3 is 8.98 Å². The Balaban J connectivity index is 1.49. The molecule has 5 nitrogen and oxygen atoms in total. The molecule has 4 aromatic rings. The number of furan rings is 1. The average molecular weight is 386 g/mol. The van der Waals surface area contributed by atoms with Gasteiger partial charge in [-0.05, 0) is 35.7 Å². The molecule has 0 fully saturated rings. The SMILES string of the molecule is Cc1occc1-c1nnc(SCc2ccc(-c3ccccc3C#N)cc2)n1C. The maximum Gasteiger partial charge on any atom is 0.191 e. The lowest BCUT2D eigenvalue weighted by Gasteiger charge is -2.06. The van der Waals surface area contributed by atoms with Crippen molar-refractivity contribution in [2.75, 3.05) is 0 Å². The molecule has 0 spiro atoms. The van der Waals surface area contributed by atoms with E-state index in [4.69, 9.17) is 4.42 Å². The average Bonchev–Trinajstić information content (AvgIpc) is 3.31. The van der Waals surface area contributed by atoms with Crippen molar-refractivity contribution in [1.29, 1.82) is 5.26 Å². The minimum Gasteiger partial charge on any atom is -0.469 e. The van der Waals surface area contributed by atoms with Crippen molar-refractivity contribution in [1.82, 2.24) is 14.8 Å². The largest absolute Gasteiger partial charge is 0.469 e. The maximum atomic E-state index is 9.28. The van der Waals surface area contributed by atoms with E-state index in [9.17, 15) is 5.26 Å². The topological polar surface area (TPSA) is 67.6 Å². The molecule has 0 bridgehead atoms. The van der Waals surface area contributed by atoms with Crippen molar-refractivity contribution in [2.45, 2.75) is 17.8 Å². The smallest absolute Gasteiger partial charge is 0.191 e. The lowest BCUT2D eigenvalue weighted by Crippen LogP contribution is -1.95. The zero-order valence-corrected chi connectivity index (χ0v) is 16.4. The van der Waals surface area contributed by atoms with Crippen LogP contribution in [0.25, 0.3) is 22.5 Å². The van der Waals surface area contributed by atoms with E-state index in [1.807, 2.05) is 48.9 Å². The van der Waals surface area contributed by atoms with E-state index in [1.165, 1.54) is 5.56 Å². The molecule has 0 radical (unpaired) electrons. The molecule has 0 saturated heterocycles. The van der Waals surface area contributed by atoms with E-state index < -0.39 is 0 Å². The fraction of sp³-hybridized carbons (Fsp3) is 0.136. The molecule has 0 N–H and O–H groups in total. The van der Waals surface area contributed by atoms with Gasteiger partial charge in [0.2, 0.25) is 0 Å². The Kier molecular flexibility index (Phi) is 5.00. The molecule has 0 saturated carbocycles. The minimum atomic E-state index is 0.686. The Morgan fingerprint density at radius 3 is 2.54 bits per heavy atom. The van der Waals surface area contributed by atoms with Crippen LogP contribution in [-0.2, 0) is 12.8 Å². The summed E-state index contributed by atoms with van der Waals surface area (Å²) in [7, 11) is 1.96. The highest BCUT2D eigenvalue weighted by atomic mass is 32.2. The number of nitrogens with zero attached hydrogens (tertiary/aromatic N) is 4. The van der Waals surface area contributed by atoms with E-state index in [1.54, 1.807) is 18.0 Å². The molecule has 138 valence electrons. The van der Waals surface area contributed by atoms with Gasteiger partial charge in [0.05, 0.1) is 23.5 Å². The molecule has 2 heterocycles. The monoisotopic (exact) mass is 386 g/mol. The quantitative estimate of drug-likeness (QED) is 0.440. The maximum absolute atomic E-state index is 9.28. The highest BCUT2D eigenvalue weighted by Gasteiger charge is 2.14. The summed E-state index contributed by atoms with van der Waals surface area (Å²) in [6.45, 7) is 1.92. The van der Waals surface area contributed by atoms with Gasteiger partial charge in [0.1, 0.15) is 5.76 Å². The lowest BCUT2D eigenvalue weighted by molar-refractivity contribution is 0.534. The van der Waals surface area contributed by atoms with Gasteiger partial charge in [0.25, 0.3) is 0 Å². The zero-order chi connectivity index (χ0) is 19.5. The van der Waals surface area contributed by atoms with Gasteiger partial charge in [-0.2, -0.15) is 5.26 Å². The third-order valence-electron chi connectivity index (χ3n) is 4.62. The standard InChI is InChI=1S/C22H18N4OS/c1-15-19(11-12-27-15)21-24-25-22(26(21)2)28-14-16-7-9-17(10-8-16)20-6-4-3-5-18(20)13-23/h3-12H,14H2,1-2H3. The summed E-state index contributed by atoms with van der Waals surface area (Å²) in [6, 6.07) is 20.1. The molecule has 2 aromatic carbocycles. The summed E-state index contributed by atoms with van der Waals surface area (Å²) < 4.78 is 7.35. The molecule has 4 rings (SSSR count). The molecule has 2 aromatic heterocycles. The van der Waals surface area contributed by atoms with Gasteiger partial charge >= 0.3 is 0 Å². The van der Waals surface area contributed by atoms with Gasteiger partial charge in [-0.25, -0.2) is 0 Å². The van der Waals surface area contributed by atoms with Gasteiger partial charge in [0.15, 0.2) is 11.0 Å². The number of thioether (sulfide) groups is 1. The van der Waals surface area contributed by atoms with Crippen molar-refractivity contribution < 1.29 is 4.42 Å². The van der Waals surface area contributed by atoms with Gasteiger partial charge in [-0.3, -0.25) is 0 Å². The number of hydrogen-bond acceptors (Lipinski definition) is 5. The van der Waals surface area contributed by atoms with Crippen LogP contribution in [0.4, 0.5) is 0 Å². The second-order valence-electron chi connectivity index (χ2n) is 6.40. The first-order valence-corrected chi connectivity index (χ1v) is 9.81. The number of aromatic nitrogens is 3. The number of nitriles is 1. The molecule has 0 aliphatic carbocycles.